The molecule has 100 valence electrons. The zero-order valence-electron chi connectivity index (χ0n) is 11.9. The predicted octanol–water partition coefficient (Wildman–Crippen LogP) is 2.73. The Morgan fingerprint density at radius 2 is 2.06 bits per heavy atom. The minimum absolute atomic E-state index is 0.190. The summed E-state index contributed by atoms with van der Waals surface area (Å²) in [4.78, 5) is 11.6. The fourth-order valence-electron chi connectivity index (χ4n) is 3.02. The van der Waals surface area contributed by atoms with E-state index in [9.17, 15) is 4.79 Å². The zero-order chi connectivity index (χ0) is 13.3. The maximum atomic E-state index is 11.6. The largest absolute Gasteiger partial charge is 0.468 e. The first kappa shape index (κ1) is 14.5. The molecule has 0 aliphatic heterocycles. The van der Waals surface area contributed by atoms with Crippen molar-refractivity contribution in [3.8, 4) is 0 Å². The standard InChI is InChI=1S/C14H27NO2/c1-13(2)8-6-7-10(9-13)14(3,4)11(15)12(16)17-5/h10-11H,6-9,15H2,1-5H3. The van der Waals surface area contributed by atoms with E-state index in [1.54, 1.807) is 0 Å². The summed E-state index contributed by atoms with van der Waals surface area (Å²) in [6, 6.07) is -0.522. The maximum Gasteiger partial charge on any atom is 0.323 e. The smallest absolute Gasteiger partial charge is 0.323 e. The van der Waals surface area contributed by atoms with Gasteiger partial charge in [-0.25, -0.2) is 0 Å². The van der Waals surface area contributed by atoms with Gasteiger partial charge in [-0.15, -0.1) is 0 Å². The van der Waals surface area contributed by atoms with Gasteiger partial charge >= 0.3 is 5.97 Å². The van der Waals surface area contributed by atoms with Crippen LogP contribution in [0.2, 0.25) is 0 Å². The van der Waals surface area contributed by atoms with Crippen molar-refractivity contribution in [2.75, 3.05) is 7.11 Å². The van der Waals surface area contributed by atoms with E-state index in [-0.39, 0.29) is 11.4 Å². The lowest BCUT2D eigenvalue weighted by Crippen LogP contribution is -2.50. The molecule has 2 unspecified atom stereocenters. The van der Waals surface area contributed by atoms with Gasteiger partial charge in [-0.1, -0.05) is 34.1 Å². The van der Waals surface area contributed by atoms with Gasteiger partial charge in [0.1, 0.15) is 6.04 Å². The fraction of sp³-hybridized carbons (Fsp3) is 0.929. The van der Waals surface area contributed by atoms with Gasteiger partial charge in [-0.2, -0.15) is 0 Å². The molecule has 3 nitrogen and oxygen atoms in total. The minimum atomic E-state index is -0.522. The SMILES string of the molecule is COC(=O)C(N)C(C)(C)C1CCCC(C)(C)C1. The Bertz CT molecular complexity index is 284. The summed E-state index contributed by atoms with van der Waals surface area (Å²) < 4.78 is 4.78. The molecule has 0 saturated heterocycles. The second-order valence-electron chi connectivity index (χ2n) is 6.78. The van der Waals surface area contributed by atoms with Crippen LogP contribution in [0.3, 0.4) is 0 Å². The van der Waals surface area contributed by atoms with Crippen molar-refractivity contribution >= 4 is 5.97 Å². The van der Waals surface area contributed by atoms with Gasteiger partial charge in [0.25, 0.3) is 0 Å². The molecule has 0 aromatic carbocycles. The van der Waals surface area contributed by atoms with Crippen molar-refractivity contribution in [3.05, 3.63) is 0 Å². The molecule has 1 rings (SSSR count). The van der Waals surface area contributed by atoms with Crippen LogP contribution in [-0.2, 0) is 9.53 Å². The quantitative estimate of drug-likeness (QED) is 0.773. The van der Waals surface area contributed by atoms with Crippen LogP contribution in [-0.4, -0.2) is 19.1 Å². The van der Waals surface area contributed by atoms with Crippen LogP contribution >= 0.6 is 0 Å². The van der Waals surface area contributed by atoms with Crippen molar-refractivity contribution < 1.29 is 9.53 Å². The highest BCUT2D eigenvalue weighted by Gasteiger charge is 2.43. The number of rotatable bonds is 3. The summed E-state index contributed by atoms with van der Waals surface area (Å²) >= 11 is 0. The second kappa shape index (κ2) is 4.97. The molecule has 0 aromatic heterocycles. The molecule has 3 heteroatoms. The Balaban J connectivity index is 2.79. The van der Waals surface area contributed by atoms with E-state index in [2.05, 4.69) is 27.7 Å². The minimum Gasteiger partial charge on any atom is -0.468 e. The molecule has 17 heavy (non-hydrogen) atoms. The summed E-state index contributed by atoms with van der Waals surface area (Å²) in [6.45, 7) is 8.80. The Morgan fingerprint density at radius 3 is 2.53 bits per heavy atom. The van der Waals surface area contributed by atoms with Crippen molar-refractivity contribution in [2.45, 2.75) is 59.4 Å². The predicted molar refractivity (Wildman–Crippen MR) is 69.5 cm³/mol. The molecule has 0 bridgehead atoms. The van der Waals surface area contributed by atoms with E-state index < -0.39 is 6.04 Å². The highest BCUT2D eigenvalue weighted by atomic mass is 16.5. The van der Waals surface area contributed by atoms with E-state index in [4.69, 9.17) is 10.5 Å². The molecule has 2 atom stereocenters. The molecule has 1 fully saturated rings. The van der Waals surface area contributed by atoms with Gasteiger partial charge in [0, 0.05) is 0 Å². The lowest BCUT2D eigenvalue weighted by molar-refractivity contribution is -0.146. The maximum absolute atomic E-state index is 11.6. The summed E-state index contributed by atoms with van der Waals surface area (Å²) in [5.74, 6) is 0.207. The molecular formula is C14H27NO2. The molecule has 1 aliphatic carbocycles. The molecule has 0 heterocycles. The van der Waals surface area contributed by atoms with E-state index in [1.165, 1.54) is 26.4 Å². The molecule has 0 spiro atoms. The Kier molecular flexibility index (Phi) is 4.23. The van der Waals surface area contributed by atoms with Crippen LogP contribution in [0.4, 0.5) is 0 Å². The molecular weight excluding hydrogens is 214 g/mol. The average molecular weight is 241 g/mol. The number of hydrogen-bond donors (Lipinski definition) is 1. The van der Waals surface area contributed by atoms with Crippen LogP contribution < -0.4 is 5.73 Å². The van der Waals surface area contributed by atoms with Gasteiger partial charge in [0.05, 0.1) is 7.11 Å². The number of esters is 1. The van der Waals surface area contributed by atoms with E-state index >= 15 is 0 Å². The van der Waals surface area contributed by atoms with Crippen molar-refractivity contribution in [3.63, 3.8) is 0 Å². The Morgan fingerprint density at radius 1 is 1.47 bits per heavy atom. The third-order valence-corrected chi connectivity index (χ3v) is 4.51. The number of methoxy groups -OCH3 is 1. The lowest BCUT2D eigenvalue weighted by atomic mass is 9.61. The first-order chi connectivity index (χ1) is 7.70. The number of carbonyl (C=O) groups is 1. The highest BCUT2D eigenvalue weighted by Crippen LogP contribution is 2.47. The molecule has 1 saturated carbocycles. The zero-order valence-corrected chi connectivity index (χ0v) is 11.9. The number of nitrogens with two attached hydrogens (primary N) is 1. The topological polar surface area (TPSA) is 52.3 Å². The van der Waals surface area contributed by atoms with Crippen LogP contribution in [0.5, 0.6) is 0 Å². The van der Waals surface area contributed by atoms with Crippen molar-refractivity contribution in [2.24, 2.45) is 22.5 Å². The first-order valence-corrected chi connectivity index (χ1v) is 6.54. The van der Waals surface area contributed by atoms with E-state index in [1.807, 2.05) is 0 Å². The average Bonchev–Trinajstić information content (AvgIpc) is 2.25. The molecule has 2 N–H and O–H groups in total. The van der Waals surface area contributed by atoms with Crippen LogP contribution in [0.15, 0.2) is 0 Å². The molecule has 0 aromatic rings. The second-order valence-corrected chi connectivity index (χ2v) is 6.78. The lowest BCUT2D eigenvalue weighted by Gasteiger charge is -2.45. The third-order valence-electron chi connectivity index (χ3n) is 4.51. The first-order valence-electron chi connectivity index (χ1n) is 6.54. The van der Waals surface area contributed by atoms with Crippen molar-refractivity contribution in [1.29, 1.82) is 0 Å². The van der Waals surface area contributed by atoms with Gasteiger partial charge in [-0.3, -0.25) is 4.79 Å². The fourth-order valence-corrected chi connectivity index (χ4v) is 3.02. The number of carbonyl (C=O) groups excluding carboxylic acids is 1. The number of hydrogen-bond acceptors (Lipinski definition) is 3. The summed E-state index contributed by atoms with van der Waals surface area (Å²) in [6.07, 6.45) is 4.81. The van der Waals surface area contributed by atoms with Gasteiger partial charge in [0.2, 0.25) is 0 Å². The van der Waals surface area contributed by atoms with E-state index in [0.29, 0.717) is 11.3 Å². The third kappa shape index (κ3) is 3.21. The van der Waals surface area contributed by atoms with Gasteiger partial charge in [0.15, 0.2) is 0 Å². The van der Waals surface area contributed by atoms with Crippen LogP contribution in [0, 0.1) is 16.7 Å². The highest BCUT2D eigenvalue weighted by molar-refractivity contribution is 5.76. The summed E-state index contributed by atoms with van der Waals surface area (Å²) in [5, 5.41) is 0. The van der Waals surface area contributed by atoms with Gasteiger partial charge < -0.3 is 10.5 Å². The molecule has 0 amide bonds. The molecule has 0 radical (unpaired) electrons. The Labute approximate surface area is 105 Å². The monoisotopic (exact) mass is 241 g/mol. The van der Waals surface area contributed by atoms with Crippen LogP contribution in [0.25, 0.3) is 0 Å². The summed E-state index contributed by atoms with van der Waals surface area (Å²) in [7, 11) is 1.41. The normalized spacial score (nSPS) is 26.4. The van der Waals surface area contributed by atoms with Gasteiger partial charge in [-0.05, 0) is 36.0 Å². The number of ether oxygens (including phenoxy) is 1. The van der Waals surface area contributed by atoms with Crippen molar-refractivity contribution in [1.82, 2.24) is 0 Å². The molecule has 1 aliphatic rings. The Hall–Kier alpha value is -0.570. The van der Waals surface area contributed by atoms with Crippen LogP contribution in [0.1, 0.15) is 53.4 Å². The summed E-state index contributed by atoms with van der Waals surface area (Å²) in [5.41, 5.74) is 6.23. The van der Waals surface area contributed by atoms with E-state index in [0.717, 1.165) is 6.42 Å².